The van der Waals surface area contributed by atoms with Crippen molar-refractivity contribution in [2.24, 2.45) is 0 Å². The van der Waals surface area contributed by atoms with Crippen LogP contribution >= 0.6 is 0 Å². The Balaban J connectivity index is 2.53. The average molecular weight is 321 g/mol. The van der Waals surface area contributed by atoms with Crippen LogP contribution in [0.1, 0.15) is 12.0 Å². The Labute approximate surface area is 133 Å². The molecule has 0 spiro atoms. The summed E-state index contributed by atoms with van der Waals surface area (Å²) in [6, 6.07) is 7.92. The fourth-order valence-electron chi connectivity index (χ4n) is 1.83. The Bertz CT molecular complexity index is 547. The standard InChI is InChI=1S/C15H19N3O5/c19-8-4-7-16-13(20)10-17-14(21)12(18-15(22)23)9-11-5-2-1-3-6-11/h1-3,5-6,8,12,18H,4,7,9-10H2,(H,16,20)(H,17,21)(H,22,23). The van der Waals surface area contributed by atoms with Crippen LogP contribution in [0.15, 0.2) is 30.3 Å². The van der Waals surface area contributed by atoms with Crippen LogP contribution in [-0.2, 0) is 20.8 Å². The van der Waals surface area contributed by atoms with Crippen LogP contribution in [0.4, 0.5) is 4.79 Å². The van der Waals surface area contributed by atoms with Gasteiger partial charge >= 0.3 is 6.09 Å². The summed E-state index contributed by atoms with van der Waals surface area (Å²) in [5, 5.41) is 15.8. The molecule has 3 amide bonds. The van der Waals surface area contributed by atoms with Gasteiger partial charge in [0.25, 0.3) is 0 Å². The first-order valence-corrected chi connectivity index (χ1v) is 7.04. The van der Waals surface area contributed by atoms with E-state index in [1.807, 2.05) is 6.07 Å². The predicted molar refractivity (Wildman–Crippen MR) is 81.8 cm³/mol. The smallest absolute Gasteiger partial charge is 0.405 e. The van der Waals surface area contributed by atoms with Gasteiger partial charge in [0.1, 0.15) is 12.3 Å². The van der Waals surface area contributed by atoms with Crippen LogP contribution in [0.25, 0.3) is 0 Å². The first-order valence-electron chi connectivity index (χ1n) is 7.04. The third kappa shape index (κ3) is 7.60. The summed E-state index contributed by atoms with van der Waals surface area (Å²) in [4.78, 5) is 44.4. The van der Waals surface area contributed by atoms with E-state index < -0.39 is 23.9 Å². The lowest BCUT2D eigenvalue weighted by Gasteiger charge is -2.16. The van der Waals surface area contributed by atoms with Gasteiger partial charge in [0.05, 0.1) is 6.54 Å². The van der Waals surface area contributed by atoms with Crippen LogP contribution < -0.4 is 16.0 Å². The zero-order valence-electron chi connectivity index (χ0n) is 12.5. The molecule has 124 valence electrons. The van der Waals surface area contributed by atoms with Crippen molar-refractivity contribution in [3.8, 4) is 0 Å². The van der Waals surface area contributed by atoms with Crippen LogP contribution in [0.5, 0.6) is 0 Å². The molecule has 8 nitrogen and oxygen atoms in total. The second-order valence-electron chi connectivity index (χ2n) is 4.71. The molecule has 0 aliphatic rings. The Kier molecular flexibility index (Phi) is 7.84. The fraction of sp³-hybridized carbons (Fsp3) is 0.333. The van der Waals surface area contributed by atoms with Crippen molar-refractivity contribution in [3.63, 3.8) is 0 Å². The molecule has 0 aliphatic heterocycles. The van der Waals surface area contributed by atoms with E-state index in [0.717, 1.165) is 5.56 Å². The molecule has 1 unspecified atom stereocenters. The van der Waals surface area contributed by atoms with Gasteiger partial charge in [0, 0.05) is 19.4 Å². The van der Waals surface area contributed by atoms with Gasteiger partial charge in [-0.25, -0.2) is 4.79 Å². The topological polar surface area (TPSA) is 125 Å². The Morgan fingerprint density at radius 2 is 1.83 bits per heavy atom. The van der Waals surface area contributed by atoms with E-state index in [4.69, 9.17) is 5.11 Å². The molecule has 0 radical (unpaired) electrons. The Morgan fingerprint density at radius 3 is 2.43 bits per heavy atom. The molecule has 1 atom stereocenters. The number of carboxylic acid groups (broad SMARTS) is 1. The average Bonchev–Trinajstić information content (AvgIpc) is 2.53. The zero-order valence-corrected chi connectivity index (χ0v) is 12.5. The second-order valence-corrected chi connectivity index (χ2v) is 4.71. The van der Waals surface area contributed by atoms with Gasteiger partial charge in [-0.1, -0.05) is 30.3 Å². The van der Waals surface area contributed by atoms with E-state index in [1.165, 1.54) is 0 Å². The maximum absolute atomic E-state index is 12.0. The second kappa shape index (κ2) is 9.93. The van der Waals surface area contributed by atoms with Gasteiger partial charge in [0.2, 0.25) is 11.8 Å². The number of hydrogen-bond donors (Lipinski definition) is 4. The number of aldehydes is 1. The summed E-state index contributed by atoms with van der Waals surface area (Å²) in [5.74, 6) is -1.05. The molecule has 1 aromatic rings. The van der Waals surface area contributed by atoms with E-state index >= 15 is 0 Å². The normalized spacial score (nSPS) is 11.1. The molecular weight excluding hydrogens is 302 g/mol. The van der Waals surface area contributed by atoms with Gasteiger partial charge in [-0.15, -0.1) is 0 Å². The van der Waals surface area contributed by atoms with Crippen molar-refractivity contribution in [1.29, 1.82) is 0 Å². The highest BCUT2D eigenvalue weighted by atomic mass is 16.4. The highest BCUT2D eigenvalue weighted by molar-refractivity contribution is 5.89. The largest absolute Gasteiger partial charge is 0.465 e. The molecule has 0 fully saturated rings. The maximum atomic E-state index is 12.0. The third-order valence-corrected chi connectivity index (χ3v) is 2.90. The van der Waals surface area contributed by atoms with E-state index in [1.54, 1.807) is 24.3 Å². The summed E-state index contributed by atoms with van der Waals surface area (Å²) in [5.41, 5.74) is 0.789. The predicted octanol–water partition coefficient (Wildman–Crippen LogP) is -0.313. The van der Waals surface area contributed by atoms with Crippen molar-refractivity contribution in [2.75, 3.05) is 13.1 Å². The van der Waals surface area contributed by atoms with Gasteiger partial charge in [-0.05, 0) is 5.56 Å². The van der Waals surface area contributed by atoms with Crippen LogP contribution in [-0.4, -0.2) is 48.4 Å². The molecule has 0 saturated heterocycles. The monoisotopic (exact) mass is 321 g/mol. The summed E-state index contributed by atoms with van der Waals surface area (Å²) in [7, 11) is 0. The first-order chi connectivity index (χ1) is 11.0. The quantitative estimate of drug-likeness (QED) is 0.367. The molecule has 1 aromatic carbocycles. The number of carbonyl (C=O) groups excluding carboxylic acids is 3. The fourth-order valence-corrected chi connectivity index (χ4v) is 1.83. The molecule has 0 aromatic heterocycles. The minimum Gasteiger partial charge on any atom is -0.465 e. The number of carbonyl (C=O) groups is 4. The van der Waals surface area contributed by atoms with E-state index in [2.05, 4.69) is 16.0 Å². The Morgan fingerprint density at radius 1 is 1.13 bits per heavy atom. The summed E-state index contributed by atoms with van der Waals surface area (Å²) in [6.45, 7) is -0.0939. The van der Waals surface area contributed by atoms with Crippen molar-refractivity contribution in [2.45, 2.75) is 18.9 Å². The number of hydrogen-bond acceptors (Lipinski definition) is 4. The van der Waals surface area contributed by atoms with Crippen molar-refractivity contribution < 1.29 is 24.3 Å². The van der Waals surface area contributed by atoms with Crippen LogP contribution in [0.2, 0.25) is 0 Å². The summed E-state index contributed by atoms with van der Waals surface area (Å²) in [6.07, 6.45) is -0.287. The van der Waals surface area contributed by atoms with Gasteiger partial charge < -0.3 is 25.9 Å². The van der Waals surface area contributed by atoms with E-state index in [-0.39, 0.29) is 25.9 Å². The van der Waals surface area contributed by atoms with E-state index in [9.17, 15) is 19.2 Å². The molecule has 8 heteroatoms. The van der Waals surface area contributed by atoms with Crippen molar-refractivity contribution >= 4 is 24.2 Å². The molecule has 0 saturated carbocycles. The molecule has 23 heavy (non-hydrogen) atoms. The first kappa shape index (κ1) is 18.1. The van der Waals surface area contributed by atoms with Gasteiger partial charge in [0.15, 0.2) is 0 Å². The molecular formula is C15H19N3O5. The van der Waals surface area contributed by atoms with Crippen molar-refractivity contribution in [3.05, 3.63) is 35.9 Å². The molecule has 0 heterocycles. The lowest BCUT2D eigenvalue weighted by Crippen LogP contribution is -2.49. The number of nitrogens with one attached hydrogen (secondary N) is 3. The molecule has 1 rings (SSSR count). The highest BCUT2D eigenvalue weighted by Gasteiger charge is 2.21. The number of amides is 3. The molecule has 0 aliphatic carbocycles. The van der Waals surface area contributed by atoms with E-state index in [0.29, 0.717) is 6.29 Å². The third-order valence-electron chi connectivity index (χ3n) is 2.90. The lowest BCUT2D eigenvalue weighted by atomic mass is 10.1. The zero-order chi connectivity index (χ0) is 17.1. The summed E-state index contributed by atoms with van der Waals surface area (Å²) >= 11 is 0. The number of rotatable bonds is 9. The maximum Gasteiger partial charge on any atom is 0.405 e. The SMILES string of the molecule is O=CCCNC(=O)CNC(=O)C(Cc1ccccc1)NC(=O)O. The molecule has 4 N–H and O–H groups in total. The minimum absolute atomic E-state index is 0.172. The number of benzene rings is 1. The van der Waals surface area contributed by atoms with Gasteiger partial charge in [-0.3, -0.25) is 9.59 Å². The van der Waals surface area contributed by atoms with Crippen LogP contribution in [0.3, 0.4) is 0 Å². The van der Waals surface area contributed by atoms with Crippen LogP contribution in [0, 0.1) is 0 Å². The highest BCUT2D eigenvalue weighted by Crippen LogP contribution is 2.03. The van der Waals surface area contributed by atoms with Gasteiger partial charge in [-0.2, -0.15) is 0 Å². The Hall–Kier alpha value is -2.90. The lowest BCUT2D eigenvalue weighted by molar-refractivity contribution is -0.127. The molecule has 0 bridgehead atoms. The van der Waals surface area contributed by atoms with Crippen molar-refractivity contribution in [1.82, 2.24) is 16.0 Å². The summed E-state index contributed by atoms with van der Waals surface area (Å²) < 4.78 is 0. The minimum atomic E-state index is -1.32.